The predicted octanol–water partition coefficient (Wildman–Crippen LogP) is 4.43. The summed E-state index contributed by atoms with van der Waals surface area (Å²) in [6.45, 7) is 7.32. The van der Waals surface area contributed by atoms with E-state index >= 15 is 0 Å². The second kappa shape index (κ2) is 13.7. The summed E-state index contributed by atoms with van der Waals surface area (Å²) in [5.41, 5.74) is 3.59. The van der Waals surface area contributed by atoms with Gasteiger partial charge in [0.05, 0.1) is 18.5 Å². The van der Waals surface area contributed by atoms with Crippen LogP contribution in [0.3, 0.4) is 0 Å². The highest BCUT2D eigenvalue weighted by atomic mass is 16.5. The minimum absolute atomic E-state index is 0.119. The Labute approximate surface area is 273 Å². The number of nitrogens with zero attached hydrogens (tertiary/aromatic N) is 6. The van der Waals surface area contributed by atoms with Crippen molar-refractivity contribution < 1.29 is 19.1 Å². The molecule has 3 amide bonds. The Bertz CT molecular complexity index is 1810. The first-order valence-corrected chi connectivity index (χ1v) is 15.3. The zero-order valence-corrected chi connectivity index (χ0v) is 26.3. The van der Waals surface area contributed by atoms with Gasteiger partial charge >= 0.3 is 0 Å². The van der Waals surface area contributed by atoms with Crippen LogP contribution in [0.15, 0.2) is 91.6 Å². The Morgan fingerprint density at radius 1 is 0.979 bits per heavy atom. The van der Waals surface area contributed by atoms with Gasteiger partial charge in [0.25, 0.3) is 11.8 Å². The average Bonchev–Trinajstić information content (AvgIpc) is 3.18. The van der Waals surface area contributed by atoms with Crippen molar-refractivity contribution in [1.82, 2.24) is 19.8 Å². The number of carbonyl (C=O) groups is 3. The van der Waals surface area contributed by atoms with Crippen LogP contribution in [-0.4, -0.2) is 84.4 Å². The minimum atomic E-state index is -0.393. The smallest absolute Gasteiger partial charge is 0.259 e. The lowest BCUT2D eigenvalue weighted by molar-refractivity contribution is -0.118. The summed E-state index contributed by atoms with van der Waals surface area (Å²) in [6.07, 6.45) is 2.60. The normalized spacial score (nSPS) is 15.1. The molecule has 12 nitrogen and oxygen atoms in total. The second-order valence-corrected chi connectivity index (χ2v) is 11.4. The van der Waals surface area contributed by atoms with E-state index < -0.39 is 5.91 Å². The number of rotatable bonds is 9. The number of fused-ring (bicyclic) bond motifs is 1. The number of nitrogens with one attached hydrogen (secondary N) is 2. The molecule has 2 N–H and O–H groups in total. The molecular formula is C35H36N8O4. The fourth-order valence-electron chi connectivity index (χ4n) is 5.63. The fourth-order valence-corrected chi connectivity index (χ4v) is 5.63. The van der Waals surface area contributed by atoms with Crippen LogP contribution >= 0.6 is 0 Å². The predicted molar refractivity (Wildman–Crippen MR) is 182 cm³/mol. The molecule has 0 spiro atoms. The van der Waals surface area contributed by atoms with Gasteiger partial charge in [0.1, 0.15) is 17.9 Å². The Hall–Kier alpha value is -5.75. The number of anilines is 6. The van der Waals surface area contributed by atoms with Crippen molar-refractivity contribution in [2.45, 2.75) is 6.54 Å². The van der Waals surface area contributed by atoms with E-state index in [-0.39, 0.29) is 42.2 Å². The molecule has 3 heterocycles. The molecule has 0 radical (unpaired) electrons. The van der Waals surface area contributed by atoms with Gasteiger partial charge in [0, 0.05) is 56.4 Å². The van der Waals surface area contributed by atoms with Crippen LogP contribution in [0.25, 0.3) is 0 Å². The Morgan fingerprint density at radius 2 is 1.77 bits per heavy atom. The molecule has 1 saturated heterocycles. The van der Waals surface area contributed by atoms with Crippen molar-refractivity contribution in [3.8, 4) is 5.75 Å². The van der Waals surface area contributed by atoms with Crippen LogP contribution in [0, 0.1) is 0 Å². The molecule has 0 aliphatic carbocycles. The molecule has 2 aliphatic rings. The Morgan fingerprint density at radius 3 is 2.51 bits per heavy atom. The lowest BCUT2D eigenvalue weighted by atomic mass is 10.2. The molecule has 2 aliphatic heterocycles. The third kappa shape index (κ3) is 6.92. The van der Waals surface area contributed by atoms with Gasteiger partial charge in [0.15, 0.2) is 5.82 Å². The number of hydrogen-bond donors (Lipinski definition) is 2. The molecule has 240 valence electrons. The highest BCUT2D eigenvalue weighted by Gasteiger charge is 2.35. The second-order valence-electron chi connectivity index (χ2n) is 11.4. The van der Waals surface area contributed by atoms with Crippen LogP contribution in [0.1, 0.15) is 15.9 Å². The molecule has 3 aromatic carbocycles. The first-order chi connectivity index (χ1) is 22.8. The molecule has 47 heavy (non-hydrogen) atoms. The van der Waals surface area contributed by atoms with E-state index in [1.165, 1.54) is 16.0 Å². The van der Waals surface area contributed by atoms with Gasteiger partial charge in [-0.05, 0) is 49.0 Å². The van der Waals surface area contributed by atoms with Gasteiger partial charge in [0.2, 0.25) is 11.9 Å². The summed E-state index contributed by atoms with van der Waals surface area (Å²) in [6, 6.07) is 22.1. The molecule has 0 unspecified atom stereocenters. The SMILES string of the molecule is C=CC(=O)Nc1cccc(N2C(=O)CN(Cc3ccccc3)C(=O)c3cnc(Nc4ccc(N5CCN(C)CC5)cc4OC)nc32)c1. The van der Waals surface area contributed by atoms with Crippen molar-refractivity contribution in [2.24, 2.45) is 0 Å². The van der Waals surface area contributed by atoms with E-state index in [2.05, 4.69) is 39.0 Å². The van der Waals surface area contributed by atoms with Crippen molar-refractivity contribution in [3.05, 3.63) is 103 Å². The van der Waals surface area contributed by atoms with Crippen LogP contribution in [0.5, 0.6) is 5.75 Å². The number of carbonyl (C=O) groups excluding carboxylic acids is 3. The molecule has 0 saturated carbocycles. The van der Waals surface area contributed by atoms with E-state index in [1.54, 1.807) is 31.4 Å². The first kappa shape index (κ1) is 31.2. The molecule has 0 atom stereocenters. The lowest BCUT2D eigenvalue weighted by Gasteiger charge is -2.34. The number of piperazine rings is 1. The molecule has 0 bridgehead atoms. The number of benzene rings is 3. The zero-order valence-electron chi connectivity index (χ0n) is 26.3. The summed E-state index contributed by atoms with van der Waals surface area (Å²) in [7, 11) is 3.72. The Balaban J connectivity index is 1.37. The van der Waals surface area contributed by atoms with Gasteiger partial charge in [-0.3, -0.25) is 19.3 Å². The van der Waals surface area contributed by atoms with Crippen LogP contribution < -0.4 is 25.2 Å². The largest absolute Gasteiger partial charge is 0.494 e. The molecule has 6 rings (SSSR count). The highest BCUT2D eigenvalue weighted by Crippen LogP contribution is 2.35. The van der Waals surface area contributed by atoms with E-state index in [0.717, 1.165) is 43.5 Å². The van der Waals surface area contributed by atoms with E-state index in [0.29, 0.717) is 22.8 Å². The first-order valence-electron chi connectivity index (χ1n) is 15.3. The minimum Gasteiger partial charge on any atom is -0.494 e. The monoisotopic (exact) mass is 632 g/mol. The van der Waals surface area contributed by atoms with Gasteiger partial charge in [-0.25, -0.2) is 4.98 Å². The summed E-state index contributed by atoms with van der Waals surface area (Å²) >= 11 is 0. The van der Waals surface area contributed by atoms with Crippen molar-refractivity contribution in [1.29, 1.82) is 0 Å². The van der Waals surface area contributed by atoms with E-state index in [9.17, 15) is 14.4 Å². The number of amides is 3. The molecule has 4 aromatic rings. The molecule has 12 heteroatoms. The van der Waals surface area contributed by atoms with E-state index in [1.807, 2.05) is 48.5 Å². The number of aromatic nitrogens is 2. The van der Waals surface area contributed by atoms with Gasteiger partial charge in [-0.2, -0.15) is 4.98 Å². The maximum atomic E-state index is 14.0. The number of methoxy groups -OCH3 is 1. The number of ether oxygens (including phenoxy) is 1. The van der Waals surface area contributed by atoms with Crippen LogP contribution in [0.4, 0.5) is 34.5 Å². The third-order valence-electron chi connectivity index (χ3n) is 8.15. The van der Waals surface area contributed by atoms with Gasteiger partial charge in [-0.1, -0.05) is 43.0 Å². The maximum Gasteiger partial charge on any atom is 0.259 e. The fraction of sp³-hybridized carbons (Fsp3) is 0.229. The van der Waals surface area contributed by atoms with Crippen molar-refractivity contribution in [3.63, 3.8) is 0 Å². The third-order valence-corrected chi connectivity index (χ3v) is 8.15. The highest BCUT2D eigenvalue weighted by molar-refractivity contribution is 6.12. The summed E-state index contributed by atoms with van der Waals surface area (Å²) in [5, 5.41) is 5.95. The standard InChI is InChI=1S/C35H36N8O4/c1-4-31(44)37-25-11-8-12-27(19-25)43-32(45)23-42(22-24-9-6-5-7-10-24)34(46)28-21-36-35(39-33(28)43)38-29-14-13-26(20-30(29)47-3)41-17-15-40(2)16-18-41/h4-14,19-21H,1,15-18,22-23H2,2-3H3,(H,37,44)(H,36,38,39). The van der Waals surface area contributed by atoms with E-state index in [4.69, 9.17) is 9.72 Å². The zero-order chi connectivity index (χ0) is 32.9. The molecule has 1 aromatic heterocycles. The average molecular weight is 633 g/mol. The van der Waals surface area contributed by atoms with Gasteiger partial charge in [-0.15, -0.1) is 0 Å². The Kier molecular flexibility index (Phi) is 9.11. The summed E-state index contributed by atoms with van der Waals surface area (Å²) in [5.74, 6) is -0.254. The van der Waals surface area contributed by atoms with Crippen LogP contribution in [-0.2, 0) is 16.1 Å². The summed E-state index contributed by atoms with van der Waals surface area (Å²) < 4.78 is 5.73. The number of likely N-dealkylation sites (N-methyl/N-ethyl adjacent to an activating group) is 1. The van der Waals surface area contributed by atoms with Crippen LogP contribution in [0.2, 0.25) is 0 Å². The summed E-state index contributed by atoms with van der Waals surface area (Å²) in [4.78, 5) is 56.7. The lowest BCUT2D eigenvalue weighted by Crippen LogP contribution is -2.44. The maximum absolute atomic E-state index is 14.0. The quantitative estimate of drug-likeness (QED) is 0.258. The van der Waals surface area contributed by atoms with Crippen molar-refractivity contribution in [2.75, 3.05) is 67.3 Å². The number of hydrogen-bond acceptors (Lipinski definition) is 9. The van der Waals surface area contributed by atoms with Crippen molar-refractivity contribution >= 4 is 52.2 Å². The topological polar surface area (TPSA) is 123 Å². The molecule has 1 fully saturated rings. The molecular weight excluding hydrogens is 596 g/mol. The van der Waals surface area contributed by atoms with Gasteiger partial charge < -0.3 is 30.1 Å².